The minimum absolute atomic E-state index is 0.358. The predicted octanol–water partition coefficient (Wildman–Crippen LogP) is 3.65. The molecule has 1 atom stereocenters. The molecule has 0 spiro atoms. The number of imidazole rings is 1. The van der Waals surface area contributed by atoms with Gasteiger partial charge in [-0.15, -0.1) is 0 Å². The molecule has 3 rings (SSSR count). The van der Waals surface area contributed by atoms with Crippen molar-refractivity contribution in [3.8, 4) is 0 Å². The van der Waals surface area contributed by atoms with Gasteiger partial charge in [-0.2, -0.15) is 0 Å². The minimum Gasteiger partial charge on any atom is -0.388 e. The highest BCUT2D eigenvalue weighted by Gasteiger charge is 2.21. The maximum absolute atomic E-state index is 10.6. The van der Waals surface area contributed by atoms with Crippen molar-refractivity contribution in [2.24, 2.45) is 5.92 Å². The topological polar surface area (TPSA) is 37.5 Å². The van der Waals surface area contributed by atoms with Crippen molar-refractivity contribution < 1.29 is 5.11 Å². The SMILES string of the molecule is Cc1ccn2cncc2c1C(O)CC1CCCCC1. The third kappa shape index (κ3) is 2.52. The third-order valence-electron chi connectivity index (χ3n) is 4.47. The number of aliphatic hydroxyl groups excluding tert-OH is 1. The Balaban J connectivity index is 1.85. The molecule has 1 aliphatic rings. The van der Waals surface area contributed by atoms with Gasteiger partial charge in [0.15, 0.2) is 0 Å². The fourth-order valence-electron chi connectivity index (χ4n) is 3.41. The van der Waals surface area contributed by atoms with Gasteiger partial charge in [0.25, 0.3) is 0 Å². The van der Waals surface area contributed by atoms with Crippen LogP contribution in [0.4, 0.5) is 0 Å². The zero-order valence-electron chi connectivity index (χ0n) is 11.5. The van der Waals surface area contributed by atoms with Crippen LogP contribution in [-0.4, -0.2) is 14.5 Å². The van der Waals surface area contributed by atoms with Crippen LogP contribution in [0.15, 0.2) is 24.8 Å². The number of nitrogens with zero attached hydrogens (tertiary/aromatic N) is 2. The summed E-state index contributed by atoms with van der Waals surface area (Å²) >= 11 is 0. The highest BCUT2D eigenvalue weighted by Crippen LogP contribution is 2.34. The number of pyridine rings is 1. The summed E-state index contributed by atoms with van der Waals surface area (Å²) in [4.78, 5) is 4.18. The first kappa shape index (κ1) is 12.7. The van der Waals surface area contributed by atoms with Gasteiger partial charge in [0, 0.05) is 11.8 Å². The number of fused-ring (bicyclic) bond motifs is 1. The van der Waals surface area contributed by atoms with E-state index in [9.17, 15) is 5.11 Å². The van der Waals surface area contributed by atoms with E-state index in [1.54, 1.807) is 6.33 Å². The van der Waals surface area contributed by atoms with E-state index in [1.807, 2.05) is 16.8 Å². The molecule has 1 saturated carbocycles. The van der Waals surface area contributed by atoms with E-state index in [4.69, 9.17) is 0 Å². The van der Waals surface area contributed by atoms with Crippen LogP contribution in [-0.2, 0) is 0 Å². The van der Waals surface area contributed by atoms with Crippen molar-refractivity contribution in [1.29, 1.82) is 0 Å². The van der Waals surface area contributed by atoms with E-state index >= 15 is 0 Å². The molecule has 2 heterocycles. The molecular weight excluding hydrogens is 236 g/mol. The molecule has 0 bridgehead atoms. The summed E-state index contributed by atoms with van der Waals surface area (Å²) in [5, 5.41) is 10.6. The second-order valence-electron chi connectivity index (χ2n) is 5.85. The zero-order chi connectivity index (χ0) is 13.2. The Morgan fingerprint density at radius 2 is 2.16 bits per heavy atom. The van der Waals surface area contributed by atoms with Gasteiger partial charge in [-0.3, -0.25) is 0 Å². The molecule has 102 valence electrons. The Bertz CT molecular complexity index is 555. The van der Waals surface area contributed by atoms with Gasteiger partial charge < -0.3 is 9.51 Å². The predicted molar refractivity (Wildman–Crippen MR) is 76.1 cm³/mol. The van der Waals surface area contributed by atoms with Crippen molar-refractivity contribution in [3.05, 3.63) is 35.9 Å². The minimum atomic E-state index is -0.358. The third-order valence-corrected chi connectivity index (χ3v) is 4.47. The Morgan fingerprint density at radius 3 is 2.95 bits per heavy atom. The molecule has 1 fully saturated rings. The lowest BCUT2D eigenvalue weighted by atomic mass is 9.83. The van der Waals surface area contributed by atoms with Crippen molar-refractivity contribution in [1.82, 2.24) is 9.38 Å². The van der Waals surface area contributed by atoms with E-state index in [0.29, 0.717) is 5.92 Å². The second kappa shape index (κ2) is 5.33. The van der Waals surface area contributed by atoms with Crippen LogP contribution >= 0.6 is 0 Å². The van der Waals surface area contributed by atoms with E-state index in [1.165, 1.54) is 32.1 Å². The number of hydrogen-bond acceptors (Lipinski definition) is 2. The van der Waals surface area contributed by atoms with E-state index < -0.39 is 0 Å². The summed E-state index contributed by atoms with van der Waals surface area (Å²) in [6, 6.07) is 2.06. The average Bonchev–Trinajstić information content (AvgIpc) is 2.87. The monoisotopic (exact) mass is 258 g/mol. The molecule has 1 unspecified atom stereocenters. The molecule has 1 N–H and O–H groups in total. The molecule has 0 radical (unpaired) electrons. The molecule has 1 aliphatic carbocycles. The molecule has 2 aromatic heterocycles. The van der Waals surface area contributed by atoms with Crippen molar-refractivity contribution in [2.75, 3.05) is 0 Å². The van der Waals surface area contributed by atoms with Gasteiger partial charge in [0.1, 0.15) is 0 Å². The summed E-state index contributed by atoms with van der Waals surface area (Å²) in [6.45, 7) is 2.08. The lowest BCUT2D eigenvalue weighted by molar-refractivity contribution is 0.132. The Morgan fingerprint density at radius 1 is 1.37 bits per heavy atom. The molecule has 0 aliphatic heterocycles. The number of aromatic nitrogens is 2. The molecular formula is C16H22N2O. The number of aliphatic hydroxyl groups is 1. The largest absolute Gasteiger partial charge is 0.388 e. The van der Waals surface area contributed by atoms with Crippen LogP contribution in [0, 0.1) is 12.8 Å². The second-order valence-corrected chi connectivity index (χ2v) is 5.85. The Kier molecular flexibility index (Phi) is 3.56. The normalized spacial score (nSPS) is 18.8. The molecule has 0 amide bonds. The van der Waals surface area contributed by atoms with Crippen LogP contribution in [0.3, 0.4) is 0 Å². The van der Waals surface area contributed by atoms with E-state index in [2.05, 4.69) is 18.0 Å². The molecule has 3 nitrogen and oxygen atoms in total. The Hall–Kier alpha value is -1.35. The quantitative estimate of drug-likeness (QED) is 0.912. The first-order valence-electron chi connectivity index (χ1n) is 7.35. The highest BCUT2D eigenvalue weighted by atomic mass is 16.3. The summed E-state index contributed by atoms with van der Waals surface area (Å²) < 4.78 is 1.99. The summed E-state index contributed by atoms with van der Waals surface area (Å²) in [7, 11) is 0. The first-order chi connectivity index (χ1) is 9.25. The fourth-order valence-corrected chi connectivity index (χ4v) is 3.41. The van der Waals surface area contributed by atoms with Gasteiger partial charge in [0.2, 0.25) is 0 Å². The van der Waals surface area contributed by atoms with Crippen molar-refractivity contribution >= 4 is 5.52 Å². The van der Waals surface area contributed by atoms with E-state index in [0.717, 1.165) is 23.1 Å². The first-order valence-corrected chi connectivity index (χ1v) is 7.35. The van der Waals surface area contributed by atoms with Crippen LogP contribution in [0.25, 0.3) is 5.52 Å². The average molecular weight is 258 g/mol. The van der Waals surface area contributed by atoms with Crippen LogP contribution in [0.1, 0.15) is 55.8 Å². The molecule has 3 heteroatoms. The molecule has 0 aromatic carbocycles. The van der Waals surface area contributed by atoms with Crippen LogP contribution < -0.4 is 0 Å². The summed E-state index contributed by atoms with van der Waals surface area (Å²) in [5.41, 5.74) is 3.27. The van der Waals surface area contributed by atoms with Gasteiger partial charge >= 0.3 is 0 Å². The van der Waals surface area contributed by atoms with Crippen LogP contribution in [0.5, 0.6) is 0 Å². The molecule has 2 aromatic rings. The van der Waals surface area contributed by atoms with Crippen LogP contribution in [0.2, 0.25) is 0 Å². The van der Waals surface area contributed by atoms with E-state index in [-0.39, 0.29) is 6.10 Å². The number of hydrogen-bond donors (Lipinski definition) is 1. The lowest BCUT2D eigenvalue weighted by Gasteiger charge is -2.25. The maximum Gasteiger partial charge on any atom is 0.0992 e. The highest BCUT2D eigenvalue weighted by molar-refractivity contribution is 5.57. The lowest BCUT2D eigenvalue weighted by Crippen LogP contribution is -2.12. The van der Waals surface area contributed by atoms with Crippen molar-refractivity contribution in [2.45, 2.75) is 51.6 Å². The Labute approximate surface area is 114 Å². The molecule has 0 saturated heterocycles. The van der Waals surface area contributed by atoms with Gasteiger partial charge in [-0.05, 0) is 30.9 Å². The van der Waals surface area contributed by atoms with Gasteiger partial charge in [-0.1, -0.05) is 32.1 Å². The fraction of sp³-hybridized carbons (Fsp3) is 0.562. The van der Waals surface area contributed by atoms with Gasteiger partial charge in [0.05, 0.1) is 24.1 Å². The maximum atomic E-state index is 10.6. The smallest absolute Gasteiger partial charge is 0.0992 e. The van der Waals surface area contributed by atoms with Crippen molar-refractivity contribution in [3.63, 3.8) is 0 Å². The number of rotatable bonds is 3. The molecule has 19 heavy (non-hydrogen) atoms. The summed E-state index contributed by atoms with van der Waals surface area (Å²) in [6.07, 6.45) is 12.8. The van der Waals surface area contributed by atoms with Gasteiger partial charge in [-0.25, -0.2) is 4.98 Å². The standard InChI is InChI=1S/C16H22N2O/c1-12-7-8-18-11-17-10-14(18)16(12)15(19)9-13-5-3-2-4-6-13/h7-8,10-11,13,15,19H,2-6,9H2,1H3. The number of aryl methyl sites for hydroxylation is 1. The summed E-state index contributed by atoms with van der Waals surface area (Å²) in [5.74, 6) is 0.686. The zero-order valence-corrected chi connectivity index (χ0v) is 11.5.